The molecule has 2 rings (SSSR count). The molecule has 6 heteroatoms. The standard InChI is InChI=1S/C12H9F3O3/c13-12(14,15)7-17-6-10(16)9-5-18-11-4-2-1-3-8(9)11/h1-5H,6-7H2. The van der Waals surface area contributed by atoms with E-state index in [4.69, 9.17) is 4.42 Å². The Morgan fingerprint density at radius 1 is 1.28 bits per heavy atom. The van der Waals surface area contributed by atoms with Gasteiger partial charge in [-0.25, -0.2) is 0 Å². The molecule has 96 valence electrons. The van der Waals surface area contributed by atoms with E-state index in [1.54, 1.807) is 24.3 Å². The smallest absolute Gasteiger partial charge is 0.411 e. The highest BCUT2D eigenvalue weighted by Crippen LogP contribution is 2.21. The highest BCUT2D eigenvalue weighted by molar-refractivity contribution is 6.07. The number of hydrogen-bond acceptors (Lipinski definition) is 3. The number of Topliss-reactive ketones (excluding diaryl/α,β-unsaturated/α-hetero) is 1. The fraction of sp³-hybridized carbons (Fsp3) is 0.250. The number of ether oxygens (including phenoxy) is 1. The molecule has 1 aromatic heterocycles. The predicted octanol–water partition coefficient (Wildman–Crippen LogP) is 3.19. The number of alkyl halides is 3. The van der Waals surface area contributed by atoms with E-state index in [0.717, 1.165) is 0 Å². The largest absolute Gasteiger partial charge is 0.464 e. The van der Waals surface area contributed by atoms with Crippen molar-refractivity contribution >= 4 is 16.8 Å². The van der Waals surface area contributed by atoms with Crippen LogP contribution >= 0.6 is 0 Å². The number of hydrogen-bond donors (Lipinski definition) is 0. The van der Waals surface area contributed by atoms with Gasteiger partial charge in [-0.2, -0.15) is 13.2 Å². The van der Waals surface area contributed by atoms with Crippen molar-refractivity contribution in [2.45, 2.75) is 6.18 Å². The molecule has 0 atom stereocenters. The Bertz CT molecular complexity index is 557. The van der Waals surface area contributed by atoms with Crippen LogP contribution in [0.1, 0.15) is 10.4 Å². The van der Waals surface area contributed by atoms with E-state index in [2.05, 4.69) is 4.74 Å². The Hall–Kier alpha value is -1.82. The molecule has 0 aliphatic heterocycles. The summed E-state index contributed by atoms with van der Waals surface area (Å²) in [5.74, 6) is -0.538. The Morgan fingerprint density at radius 3 is 2.72 bits per heavy atom. The maximum absolute atomic E-state index is 11.8. The number of fused-ring (bicyclic) bond motifs is 1. The summed E-state index contributed by atoms with van der Waals surface area (Å²) in [4.78, 5) is 11.7. The maximum atomic E-state index is 11.8. The van der Waals surface area contributed by atoms with Crippen molar-refractivity contribution in [1.29, 1.82) is 0 Å². The first-order chi connectivity index (χ1) is 8.47. The van der Waals surface area contributed by atoms with Gasteiger partial charge in [0, 0.05) is 5.39 Å². The Morgan fingerprint density at radius 2 is 2.00 bits per heavy atom. The third-order valence-corrected chi connectivity index (χ3v) is 2.28. The predicted molar refractivity (Wildman–Crippen MR) is 57.4 cm³/mol. The monoisotopic (exact) mass is 258 g/mol. The molecular formula is C12H9F3O3. The van der Waals surface area contributed by atoms with Crippen molar-refractivity contribution in [2.75, 3.05) is 13.2 Å². The van der Waals surface area contributed by atoms with Crippen LogP contribution in [0, 0.1) is 0 Å². The summed E-state index contributed by atoms with van der Waals surface area (Å²) < 4.78 is 45.0. The fourth-order valence-electron chi connectivity index (χ4n) is 1.53. The zero-order valence-electron chi connectivity index (χ0n) is 9.16. The lowest BCUT2D eigenvalue weighted by atomic mass is 10.1. The molecule has 0 bridgehead atoms. The van der Waals surface area contributed by atoms with Crippen molar-refractivity contribution in [1.82, 2.24) is 0 Å². The molecule has 0 spiro atoms. The SMILES string of the molecule is O=C(COCC(F)(F)F)c1coc2ccccc12. The van der Waals surface area contributed by atoms with Crippen LogP contribution in [0.5, 0.6) is 0 Å². The normalized spacial score (nSPS) is 11.9. The summed E-state index contributed by atoms with van der Waals surface area (Å²) in [6.07, 6.45) is -3.21. The van der Waals surface area contributed by atoms with Crippen LogP contribution < -0.4 is 0 Å². The average Bonchev–Trinajstić information content (AvgIpc) is 2.70. The van der Waals surface area contributed by atoms with Crippen LogP contribution in [0.3, 0.4) is 0 Å². The molecule has 18 heavy (non-hydrogen) atoms. The molecule has 1 heterocycles. The molecule has 3 nitrogen and oxygen atoms in total. The summed E-state index contributed by atoms with van der Waals surface area (Å²) in [5.41, 5.74) is 0.740. The number of ketones is 1. The van der Waals surface area contributed by atoms with E-state index in [1.807, 2.05) is 0 Å². The second-order valence-corrected chi connectivity index (χ2v) is 3.68. The number of para-hydroxylation sites is 1. The van der Waals surface area contributed by atoms with E-state index in [0.29, 0.717) is 11.0 Å². The van der Waals surface area contributed by atoms with E-state index in [-0.39, 0.29) is 5.56 Å². The van der Waals surface area contributed by atoms with Crippen molar-refractivity contribution in [3.05, 3.63) is 36.1 Å². The van der Waals surface area contributed by atoms with Gasteiger partial charge in [-0.15, -0.1) is 0 Å². The van der Waals surface area contributed by atoms with Crippen LogP contribution in [0.4, 0.5) is 13.2 Å². The minimum atomic E-state index is -4.43. The molecule has 0 radical (unpaired) electrons. The minimum Gasteiger partial charge on any atom is -0.464 e. The summed E-state index contributed by atoms with van der Waals surface area (Å²) >= 11 is 0. The van der Waals surface area contributed by atoms with Gasteiger partial charge in [0.1, 0.15) is 25.1 Å². The molecule has 0 saturated heterocycles. The molecule has 0 amide bonds. The second-order valence-electron chi connectivity index (χ2n) is 3.68. The van der Waals surface area contributed by atoms with Crippen LogP contribution in [-0.2, 0) is 4.74 Å². The Balaban J connectivity index is 2.05. The first-order valence-electron chi connectivity index (χ1n) is 5.11. The third kappa shape index (κ3) is 2.89. The van der Waals surface area contributed by atoms with Crippen molar-refractivity contribution in [3.63, 3.8) is 0 Å². The summed E-state index contributed by atoms with van der Waals surface area (Å²) in [5, 5.41) is 0.568. The lowest BCUT2D eigenvalue weighted by Gasteiger charge is -2.06. The minimum absolute atomic E-state index is 0.229. The first kappa shape index (κ1) is 12.6. The topological polar surface area (TPSA) is 39.4 Å². The van der Waals surface area contributed by atoms with Gasteiger partial charge in [-0.3, -0.25) is 4.79 Å². The lowest BCUT2D eigenvalue weighted by Crippen LogP contribution is -2.20. The van der Waals surface area contributed by atoms with E-state index < -0.39 is 25.2 Å². The zero-order valence-corrected chi connectivity index (χ0v) is 9.16. The molecule has 0 fully saturated rings. The second kappa shape index (κ2) is 4.81. The van der Waals surface area contributed by atoms with Gasteiger partial charge in [0.25, 0.3) is 0 Å². The quantitative estimate of drug-likeness (QED) is 0.790. The maximum Gasteiger partial charge on any atom is 0.411 e. The molecular weight excluding hydrogens is 249 g/mol. The van der Waals surface area contributed by atoms with Gasteiger partial charge in [-0.1, -0.05) is 18.2 Å². The van der Waals surface area contributed by atoms with Crippen molar-refractivity contribution in [3.8, 4) is 0 Å². The Labute approximate surface area is 100 Å². The summed E-state index contributed by atoms with van der Waals surface area (Å²) in [6, 6.07) is 6.78. The number of carbonyl (C=O) groups excluding carboxylic acids is 1. The summed E-state index contributed by atoms with van der Waals surface area (Å²) in [7, 11) is 0. The molecule has 2 aromatic rings. The molecule has 0 saturated carbocycles. The number of halogens is 3. The summed E-state index contributed by atoms with van der Waals surface area (Å²) in [6.45, 7) is -2.06. The van der Waals surface area contributed by atoms with Crippen LogP contribution in [0.2, 0.25) is 0 Å². The van der Waals surface area contributed by atoms with Gasteiger partial charge >= 0.3 is 6.18 Å². The molecule has 0 aliphatic carbocycles. The number of carbonyl (C=O) groups is 1. The fourth-order valence-corrected chi connectivity index (χ4v) is 1.53. The molecule has 0 N–H and O–H groups in total. The van der Waals surface area contributed by atoms with E-state index in [9.17, 15) is 18.0 Å². The number of furan rings is 1. The van der Waals surface area contributed by atoms with Crippen LogP contribution in [0.15, 0.2) is 34.9 Å². The highest BCUT2D eigenvalue weighted by atomic mass is 19.4. The van der Waals surface area contributed by atoms with Crippen LogP contribution in [-0.4, -0.2) is 25.2 Å². The van der Waals surface area contributed by atoms with Gasteiger partial charge in [0.2, 0.25) is 0 Å². The molecule has 1 aromatic carbocycles. The van der Waals surface area contributed by atoms with Crippen molar-refractivity contribution in [2.24, 2.45) is 0 Å². The van der Waals surface area contributed by atoms with E-state index in [1.165, 1.54) is 6.26 Å². The highest BCUT2D eigenvalue weighted by Gasteiger charge is 2.28. The molecule has 0 unspecified atom stereocenters. The lowest BCUT2D eigenvalue weighted by molar-refractivity contribution is -0.170. The van der Waals surface area contributed by atoms with Crippen LogP contribution in [0.25, 0.3) is 11.0 Å². The van der Waals surface area contributed by atoms with Gasteiger partial charge in [-0.05, 0) is 6.07 Å². The van der Waals surface area contributed by atoms with Gasteiger partial charge in [0.05, 0.1) is 5.56 Å². The average molecular weight is 258 g/mol. The van der Waals surface area contributed by atoms with Crippen molar-refractivity contribution < 1.29 is 27.1 Å². The number of benzene rings is 1. The third-order valence-electron chi connectivity index (χ3n) is 2.28. The Kier molecular flexibility index (Phi) is 3.38. The molecule has 0 aliphatic rings. The zero-order chi connectivity index (χ0) is 13.2. The van der Waals surface area contributed by atoms with E-state index >= 15 is 0 Å². The number of rotatable bonds is 4. The van der Waals surface area contributed by atoms with Gasteiger partial charge in [0.15, 0.2) is 5.78 Å². The van der Waals surface area contributed by atoms with Gasteiger partial charge < -0.3 is 9.15 Å². The first-order valence-corrected chi connectivity index (χ1v) is 5.11.